The monoisotopic (exact) mass is 247 g/mol. The van der Waals surface area contributed by atoms with Crippen molar-refractivity contribution in [3.05, 3.63) is 23.8 Å². The Hall–Kier alpha value is -1.71. The number of rotatable bonds is 4. The molecule has 0 unspecified atom stereocenters. The molecule has 1 aromatic rings. The maximum Gasteiger partial charge on any atom is 0.255 e. The highest BCUT2D eigenvalue weighted by molar-refractivity contribution is 6.00. The summed E-state index contributed by atoms with van der Waals surface area (Å²) in [5.74, 6) is -0.00144. The Kier molecular flexibility index (Phi) is 3.20. The summed E-state index contributed by atoms with van der Waals surface area (Å²) in [4.78, 5) is 13.6. The normalized spacial score (nSPS) is 16.2. The Morgan fingerprint density at radius 3 is 2.67 bits per heavy atom. The van der Waals surface area contributed by atoms with Gasteiger partial charge in [0.05, 0.1) is 5.56 Å². The van der Waals surface area contributed by atoms with Gasteiger partial charge in [0.25, 0.3) is 5.91 Å². The van der Waals surface area contributed by atoms with E-state index in [1.54, 1.807) is 31.1 Å². The fourth-order valence-corrected chi connectivity index (χ4v) is 1.83. The number of carbonyl (C=O) groups is 1. The van der Waals surface area contributed by atoms with Crippen molar-refractivity contribution in [3.63, 3.8) is 0 Å². The molecular weight excluding hydrogens is 226 g/mol. The SMILES string of the molecule is CN(C)C(=O)c1ccc(N)cc1NCC1(C)CC1. The third-order valence-electron chi connectivity index (χ3n) is 3.49. The minimum absolute atomic E-state index is 0.00144. The van der Waals surface area contributed by atoms with Crippen LogP contribution in [0.4, 0.5) is 11.4 Å². The van der Waals surface area contributed by atoms with E-state index in [-0.39, 0.29) is 5.91 Å². The fourth-order valence-electron chi connectivity index (χ4n) is 1.83. The second-order valence-electron chi connectivity index (χ2n) is 5.67. The molecule has 0 heterocycles. The minimum Gasteiger partial charge on any atom is -0.399 e. The molecule has 1 aliphatic carbocycles. The molecule has 4 heteroatoms. The molecule has 1 fully saturated rings. The molecule has 1 aliphatic rings. The van der Waals surface area contributed by atoms with Crippen LogP contribution in [0, 0.1) is 5.41 Å². The average Bonchev–Trinajstić information content (AvgIpc) is 3.04. The number of nitrogens with one attached hydrogen (secondary N) is 1. The van der Waals surface area contributed by atoms with Crippen molar-refractivity contribution < 1.29 is 4.79 Å². The fraction of sp³-hybridized carbons (Fsp3) is 0.500. The second-order valence-corrected chi connectivity index (χ2v) is 5.67. The number of carbonyl (C=O) groups excluding carboxylic acids is 1. The van der Waals surface area contributed by atoms with Gasteiger partial charge in [-0.25, -0.2) is 0 Å². The third-order valence-corrected chi connectivity index (χ3v) is 3.49. The highest BCUT2D eigenvalue weighted by Crippen LogP contribution is 2.44. The molecule has 98 valence electrons. The summed E-state index contributed by atoms with van der Waals surface area (Å²) in [5.41, 5.74) is 8.37. The van der Waals surface area contributed by atoms with E-state index in [2.05, 4.69) is 12.2 Å². The lowest BCUT2D eigenvalue weighted by molar-refractivity contribution is 0.0828. The van der Waals surface area contributed by atoms with Gasteiger partial charge >= 0.3 is 0 Å². The van der Waals surface area contributed by atoms with Crippen LogP contribution < -0.4 is 11.1 Å². The maximum atomic E-state index is 12.1. The van der Waals surface area contributed by atoms with Gasteiger partial charge in [-0.05, 0) is 36.5 Å². The molecule has 18 heavy (non-hydrogen) atoms. The van der Waals surface area contributed by atoms with E-state index in [0.717, 1.165) is 12.2 Å². The number of nitrogens with two attached hydrogens (primary N) is 1. The van der Waals surface area contributed by atoms with E-state index in [9.17, 15) is 4.79 Å². The lowest BCUT2D eigenvalue weighted by Crippen LogP contribution is -2.24. The van der Waals surface area contributed by atoms with Crippen molar-refractivity contribution in [2.75, 3.05) is 31.7 Å². The summed E-state index contributed by atoms with van der Waals surface area (Å²) in [7, 11) is 3.51. The van der Waals surface area contributed by atoms with Crippen LogP contribution in [0.5, 0.6) is 0 Å². The highest BCUT2D eigenvalue weighted by Gasteiger charge is 2.37. The third kappa shape index (κ3) is 2.75. The summed E-state index contributed by atoms with van der Waals surface area (Å²) < 4.78 is 0. The first-order valence-corrected chi connectivity index (χ1v) is 6.26. The molecule has 2 rings (SSSR count). The summed E-state index contributed by atoms with van der Waals surface area (Å²) in [5, 5.41) is 3.36. The Bertz CT molecular complexity index is 464. The van der Waals surface area contributed by atoms with Crippen LogP contribution in [0.1, 0.15) is 30.1 Å². The van der Waals surface area contributed by atoms with E-state index in [0.29, 0.717) is 16.7 Å². The summed E-state index contributed by atoms with van der Waals surface area (Å²) in [6, 6.07) is 5.39. The zero-order valence-electron chi connectivity index (χ0n) is 11.3. The lowest BCUT2D eigenvalue weighted by atomic mass is 10.1. The van der Waals surface area contributed by atoms with E-state index in [4.69, 9.17) is 5.73 Å². The van der Waals surface area contributed by atoms with Crippen molar-refractivity contribution >= 4 is 17.3 Å². The number of anilines is 2. The van der Waals surface area contributed by atoms with Gasteiger partial charge in [-0.1, -0.05) is 6.92 Å². The van der Waals surface area contributed by atoms with Gasteiger partial charge in [0.15, 0.2) is 0 Å². The first-order valence-electron chi connectivity index (χ1n) is 6.26. The van der Waals surface area contributed by atoms with Gasteiger partial charge in [0.1, 0.15) is 0 Å². The van der Waals surface area contributed by atoms with Gasteiger partial charge in [-0.15, -0.1) is 0 Å². The van der Waals surface area contributed by atoms with Crippen molar-refractivity contribution in [2.24, 2.45) is 5.41 Å². The molecule has 0 atom stereocenters. The Balaban J connectivity index is 2.20. The number of amides is 1. The highest BCUT2D eigenvalue weighted by atomic mass is 16.2. The summed E-state index contributed by atoms with van der Waals surface area (Å²) in [6.07, 6.45) is 2.50. The molecular formula is C14H21N3O. The van der Waals surface area contributed by atoms with Crippen LogP contribution in [0.2, 0.25) is 0 Å². The van der Waals surface area contributed by atoms with Crippen molar-refractivity contribution in [3.8, 4) is 0 Å². The number of nitrogens with zero attached hydrogens (tertiary/aromatic N) is 1. The van der Waals surface area contributed by atoms with Gasteiger partial charge < -0.3 is 16.0 Å². The van der Waals surface area contributed by atoms with Gasteiger partial charge in [-0.2, -0.15) is 0 Å². The molecule has 1 amide bonds. The number of nitrogen functional groups attached to an aromatic ring is 1. The van der Waals surface area contributed by atoms with Gasteiger partial charge in [-0.3, -0.25) is 4.79 Å². The average molecular weight is 247 g/mol. The Morgan fingerprint density at radius 1 is 1.44 bits per heavy atom. The summed E-state index contributed by atoms with van der Waals surface area (Å²) in [6.45, 7) is 3.14. The molecule has 1 saturated carbocycles. The van der Waals surface area contributed by atoms with Crippen molar-refractivity contribution in [1.29, 1.82) is 0 Å². The molecule has 0 spiro atoms. The smallest absolute Gasteiger partial charge is 0.255 e. The predicted octanol–water partition coefficient (Wildman–Crippen LogP) is 2.18. The molecule has 0 aromatic heterocycles. The van der Waals surface area contributed by atoms with E-state index < -0.39 is 0 Å². The molecule has 0 radical (unpaired) electrons. The molecule has 3 N–H and O–H groups in total. The lowest BCUT2D eigenvalue weighted by Gasteiger charge is -2.17. The molecule has 0 saturated heterocycles. The van der Waals surface area contributed by atoms with Crippen LogP contribution in [-0.4, -0.2) is 31.4 Å². The second kappa shape index (κ2) is 4.52. The Labute approximate surface area is 108 Å². The number of hydrogen-bond acceptors (Lipinski definition) is 3. The van der Waals surface area contributed by atoms with Crippen LogP contribution in [0.15, 0.2) is 18.2 Å². The van der Waals surface area contributed by atoms with Crippen LogP contribution in [-0.2, 0) is 0 Å². The quantitative estimate of drug-likeness (QED) is 0.802. The first kappa shape index (κ1) is 12.7. The molecule has 0 aliphatic heterocycles. The standard InChI is InChI=1S/C14H21N3O/c1-14(6-7-14)9-16-12-8-10(15)4-5-11(12)13(18)17(2)3/h4-5,8,16H,6-7,9,15H2,1-3H3. The topological polar surface area (TPSA) is 58.4 Å². The number of benzene rings is 1. The molecule has 1 aromatic carbocycles. The van der Waals surface area contributed by atoms with Crippen LogP contribution >= 0.6 is 0 Å². The van der Waals surface area contributed by atoms with Crippen LogP contribution in [0.25, 0.3) is 0 Å². The van der Waals surface area contributed by atoms with Crippen molar-refractivity contribution in [1.82, 2.24) is 4.90 Å². The zero-order chi connectivity index (χ0) is 13.3. The van der Waals surface area contributed by atoms with Gasteiger partial charge in [0.2, 0.25) is 0 Å². The van der Waals surface area contributed by atoms with E-state index in [1.807, 2.05) is 6.07 Å². The largest absolute Gasteiger partial charge is 0.399 e. The molecule has 4 nitrogen and oxygen atoms in total. The first-order chi connectivity index (χ1) is 8.41. The van der Waals surface area contributed by atoms with E-state index in [1.165, 1.54) is 12.8 Å². The maximum absolute atomic E-state index is 12.1. The van der Waals surface area contributed by atoms with Crippen molar-refractivity contribution in [2.45, 2.75) is 19.8 Å². The predicted molar refractivity (Wildman–Crippen MR) is 74.7 cm³/mol. The van der Waals surface area contributed by atoms with Crippen LogP contribution in [0.3, 0.4) is 0 Å². The summed E-state index contributed by atoms with van der Waals surface area (Å²) >= 11 is 0. The Morgan fingerprint density at radius 2 is 2.11 bits per heavy atom. The van der Waals surface area contributed by atoms with E-state index >= 15 is 0 Å². The molecule has 0 bridgehead atoms. The number of hydrogen-bond donors (Lipinski definition) is 2. The minimum atomic E-state index is -0.00144. The zero-order valence-corrected chi connectivity index (χ0v) is 11.3. The van der Waals surface area contributed by atoms with Gasteiger partial charge in [0, 0.05) is 32.0 Å².